The molecule has 0 nitrogen and oxygen atoms in total. The lowest BCUT2D eigenvalue weighted by Gasteiger charge is -2.46. The summed E-state index contributed by atoms with van der Waals surface area (Å²) in [6.07, 6.45) is 1.25. The van der Waals surface area contributed by atoms with Gasteiger partial charge in [0.25, 0.3) is 0 Å². The van der Waals surface area contributed by atoms with Gasteiger partial charge in [-0.3, -0.25) is 0 Å². The van der Waals surface area contributed by atoms with Gasteiger partial charge in [0, 0.05) is 3.57 Å². The van der Waals surface area contributed by atoms with Crippen LogP contribution in [0.25, 0.3) is 0 Å². The Kier molecular flexibility index (Phi) is 4.60. The van der Waals surface area contributed by atoms with Crippen LogP contribution < -0.4 is 0 Å². The molecule has 0 spiro atoms. The Bertz CT molecular complexity index is 434. The van der Waals surface area contributed by atoms with Crippen LogP contribution in [0.5, 0.6) is 0 Å². The molecule has 1 fully saturated rings. The first-order valence-electron chi connectivity index (χ1n) is 6.10. The van der Waals surface area contributed by atoms with Crippen LogP contribution in [0.1, 0.15) is 32.8 Å². The summed E-state index contributed by atoms with van der Waals surface area (Å²) in [4.78, 5) is 0. The van der Waals surface area contributed by atoms with E-state index in [1.54, 1.807) is 6.07 Å². The Hall–Kier alpha value is 0.580. The summed E-state index contributed by atoms with van der Waals surface area (Å²) in [6.45, 7) is 6.77. The summed E-state index contributed by atoms with van der Waals surface area (Å²) in [5.74, 6) is 2.24. The van der Waals surface area contributed by atoms with Crippen molar-refractivity contribution in [1.29, 1.82) is 0 Å². The van der Waals surface area contributed by atoms with Crippen molar-refractivity contribution >= 4 is 46.1 Å². The molecule has 1 aliphatic rings. The Labute approximate surface area is 131 Å². The van der Waals surface area contributed by atoms with E-state index in [4.69, 9.17) is 0 Å². The summed E-state index contributed by atoms with van der Waals surface area (Å²) in [7, 11) is 0. The fourth-order valence-electron chi connectivity index (χ4n) is 2.27. The van der Waals surface area contributed by atoms with Crippen molar-refractivity contribution in [2.75, 3.05) is 11.5 Å². The van der Waals surface area contributed by atoms with Gasteiger partial charge in [-0.1, -0.05) is 26.8 Å². The van der Waals surface area contributed by atoms with Crippen LogP contribution in [0, 0.1) is 14.8 Å². The van der Waals surface area contributed by atoms with Gasteiger partial charge in [-0.25, -0.2) is 4.39 Å². The first-order chi connectivity index (χ1) is 8.37. The maximum atomic E-state index is 13.9. The first kappa shape index (κ1) is 15.0. The van der Waals surface area contributed by atoms with Crippen LogP contribution in [0.15, 0.2) is 18.2 Å². The minimum Gasteiger partial charge on any atom is -0.206 e. The molecule has 1 aliphatic heterocycles. The minimum atomic E-state index is -0.0940. The number of hydrogen-bond donors (Lipinski definition) is 0. The lowest BCUT2D eigenvalue weighted by atomic mass is 9.86. The highest BCUT2D eigenvalue weighted by Crippen LogP contribution is 2.60. The third-order valence-electron chi connectivity index (χ3n) is 3.19. The van der Waals surface area contributed by atoms with E-state index < -0.39 is 0 Å². The number of rotatable bonds is 1. The Morgan fingerprint density at radius 1 is 1.22 bits per heavy atom. The second kappa shape index (κ2) is 5.52. The van der Waals surface area contributed by atoms with E-state index in [9.17, 15) is 4.39 Å². The minimum absolute atomic E-state index is 0.0174. The molecule has 0 atom stereocenters. The monoisotopic (exact) mass is 396 g/mol. The second-order valence-corrected chi connectivity index (χ2v) is 9.59. The third-order valence-corrected chi connectivity index (χ3v) is 8.26. The molecule has 1 aromatic carbocycles. The van der Waals surface area contributed by atoms with E-state index in [2.05, 4.69) is 26.8 Å². The molecule has 18 heavy (non-hydrogen) atoms. The molecule has 0 aromatic heterocycles. The molecule has 1 heterocycles. The maximum Gasteiger partial charge on any atom is 0.136 e. The predicted octanol–water partition coefficient (Wildman–Crippen LogP) is 5.50. The second-order valence-electron chi connectivity index (χ2n) is 5.55. The summed E-state index contributed by atoms with van der Waals surface area (Å²) < 4.78 is 14.5. The molecule has 100 valence electrons. The van der Waals surface area contributed by atoms with Crippen LogP contribution in [0.4, 0.5) is 4.39 Å². The largest absolute Gasteiger partial charge is 0.206 e. The average molecular weight is 396 g/mol. The zero-order valence-electron chi connectivity index (χ0n) is 10.9. The van der Waals surface area contributed by atoms with Gasteiger partial charge in [0.05, 0.1) is 4.08 Å². The van der Waals surface area contributed by atoms with Crippen molar-refractivity contribution in [1.82, 2.24) is 0 Å². The first-order valence-corrected chi connectivity index (χ1v) is 9.15. The van der Waals surface area contributed by atoms with Gasteiger partial charge in [-0.05, 0) is 63.6 Å². The summed E-state index contributed by atoms with van der Waals surface area (Å²) >= 11 is 6.01. The van der Waals surface area contributed by atoms with Gasteiger partial charge in [0.2, 0.25) is 0 Å². The van der Waals surface area contributed by atoms with E-state index >= 15 is 0 Å². The Morgan fingerprint density at radius 3 is 2.33 bits per heavy atom. The number of thioether (sulfide) groups is 2. The van der Waals surface area contributed by atoms with Crippen LogP contribution in [0.2, 0.25) is 0 Å². The normalized spacial score (nSPS) is 19.8. The van der Waals surface area contributed by atoms with Crippen molar-refractivity contribution in [3.8, 4) is 0 Å². The van der Waals surface area contributed by atoms with Crippen LogP contribution in [-0.2, 0) is 4.08 Å². The summed E-state index contributed by atoms with van der Waals surface area (Å²) in [5.41, 5.74) is 1.24. The van der Waals surface area contributed by atoms with Gasteiger partial charge in [0.15, 0.2) is 0 Å². The number of halogens is 2. The van der Waals surface area contributed by atoms with Crippen LogP contribution in [-0.4, -0.2) is 11.5 Å². The van der Waals surface area contributed by atoms with Crippen molar-refractivity contribution in [3.63, 3.8) is 0 Å². The molecular weight excluding hydrogens is 378 g/mol. The third kappa shape index (κ3) is 2.70. The molecule has 1 saturated heterocycles. The van der Waals surface area contributed by atoms with Crippen LogP contribution in [0.3, 0.4) is 0 Å². The zero-order chi connectivity index (χ0) is 13.4. The quantitative estimate of drug-likeness (QED) is 0.575. The van der Waals surface area contributed by atoms with Gasteiger partial charge in [-0.15, -0.1) is 23.5 Å². The molecular formula is C14H18FIS2. The van der Waals surface area contributed by atoms with Crippen LogP contribution >= 0.6 is 46.1 Å². The van der Waals surface area contributed by atoms with E-state index in [1.807, 2.05) is 52.2 Å². The smallest absolute Gasteiger partial charge is 0.136 e. The molecule has 1 aromatic rings. The summed E-state index contributed by atoms with van der Waals surface area (Å²) in [6, 6.07) is 5.73. The fraction of sp³-hybridized carbons (Fsp3) is 0.571. The van der Waals surface area contributed by atoms with Crippen molar-refractivity contribution in [2.24, 2.45) is 5.41 Å². The van der Waals surface area contributed by atoms with Crippen molar-refractivity contribution < 1.29 is 4.39 Å². The highest BCUT2D eigenvalue weighted by molar-refractivity contribution is 14.1. The number of benzene rings is 1. The Morgan fingerprint density at radius 2 is 1.83 bits per heavy atom. The van der Waals surface area contributed by atoms with Gasteiger partial charge < -0.3 is 0 Å². The van der Waals surface area contributed by atoms with Gasteiger partial charge in [0.1, 0.15) is 5.82 Å². The van der Waals surface area contributed by atoms with Crippen molar-refractivity contribution in [3.05, 3.63) is 33.1 Å². The zero-order valence-corrected chi connectivity index (χ0v) is 14.7. The van der Waals surface area contributed by atoms with E-state index in [0.717, 1.165) is 17.1 Å². The molecule has 0 radical (unpaired) electrons. The Balaban J connectivity index is 2.49. The molecule has 0 bridgehead atoms. The lowest BCUT2D eigenvalue weighted by Crippen LogP contribution is -2.36. The molecule has 4 heteroatoms. The standard InChI is InChI=1S/C14H18FIS2/c1-13(2,3)14(17-7-4-8-18-14)10-5-6-12(16)11(15)9-10/h5-6,9H,4,7-8H2,1-3H3. The topological polar surface area (TPSA) is 0 Å². The predicted molar refractivity (Wildman–Crippen MR) is 89.8 cm³/mol. The molecule has 0 saturated carbocycles. The maximum absolute atomic E-state index is 13.9. The number of hydrogen-bond acceptors (Lipinski definition) is 2. The molecule has 0 unspecified atom stereocenters. The van der Waals surface area contributed by atoms with Gasteiger partial charge in [-0.2, -0.15) is 0 Å². The van der Waals surface area contributed by atoms with E-state index in [0.29, 0.717) is 3.57 Å². The molecule has 0 amide bonds. The highest BCUT2D eigenvalue weighted by Gasteiger charge is 2.46. The molecule has 2 rings (SSSR count). The lowest BCUT2D eigenvalue weighted by molar-refractivity contribution is 0.370. The van der Waals surface area contributed by atoms with E-state index in [-0.39, 0.29) is 15.3 Å². The fourth-order valence-corrected chi connectivity index (χ4v) is 6.22. The van der Waals surface area contributed by atoms with E-state index in [1.165, 1.54) is 6.42 Å². The molecule has 0 N–H and O–H groups in total. The molecule has 0 aliphatic carbocycles. The average Bonchev–Trinajstić information content (AvgIpc) is 2.32. The van der Waals surface area contributed by atoms with Crippen molar-refractivity contribution in [2.45, 2.75) is 31.3 Å². The summed E-state index contributed by atoms with van der Waals surface area (Å²) in [5, 5.41) is 0. The van der Waals surface area contributed by atoms with Gasteiger partial charge >= 0.3 is 0 Å². The SMILES string of the molecule is CC(C)(C)C1(c2ccc(I)c(F)c2)SCCCS1. The highest BCUT2D eigenvalue weighted by atomic mass is 127.